The zero-order chi connectivity index (χ0) is 14.1. The van der Waals surface area contributed by atoms with E-state index in [4.69, 9.17) is 14.2 Å². The molecule has 20 heavy (non-hydrogen) atoms. The molecule has 1 aliphatic heterocycles. The highest BCUT2D eigenvalue weighted by molar-refractivity contribution is 5.81. The fourth-order valence-electron chi connectivity index (χ4n) is 2.18. The summed E-state index contributed by atoms with van der Waals surface area (Å²) in [6.07, 6.45) is -0.106. The Bertz CT molecular complexity index is 695. The average Bonchev–Trinajstić information content (AvgIpc) is 2.46. The highest BCUT2D eigenvalue weighted by atomic mass is 16.6. The fraction of sp³-hybridized carbons (Fsp3) is 0.429. The number of fused-ring (bicyclic) bond motifs is 2. The van der Waals surface area contributed by atoms with E-state index in [1.165, 1.54) is 0 Å². The third-order valence-corrected chi connectivity index (χ3v) is 3.06. The van der Waals surface area contributed by atoms with Gasteiger partial charge in [-0.25, -0.2) is 4.98 Å². The molecule has 0 amide bonds. The van der Waals surface area contributed by atoms with Crippen LogP contribution in [-0.4, -0.2) is 35.9 Å². The van der Waals surface area contributed by atoms with Crippen molar-refractivity contribution in [1.29, 1.82) is 0 Å². The van der Waals surface area contributed by atoms with E-state index in [1.54, 1.807) is 19.1 Å². The van der Waals surface area contributed by atoms with E-state index in [1.807, 2.05) is 6.92 Å². The lowest BCUT2D eigenvalue weighted by Gasteiger charge is -2.15. The number of benzene rings is 1. The molecular formula is C14H16N2O4. The normalized spacial score (nSPS) is 19.2. The molecule has 0 unspecified atom stereocenters. The Labute approximate surface area is 115 Å². The van der Waals surface area contributed by atoms with Crippen LogP contribution in [0.2, 0.25) is 0 Å². The van der Waals surface area contributed by atoms with Crippen LogP contribution < -0.4 is 15.0 Å². The van der Waals surface area contributed by atoms with Crippen molar-refractivity contribution in [2.24, 2.45) is 0 Å². The molecule has 0 aliphatic carbocycles. The first-order chi connectivity index (χ1) is 9.63. The maximum absolute atomic E-state index is 12.0. The van der Waals surface area contributed by atoms with Crippen molar-refractivity contribution in [3.05, 3.63) is 28.3 Å². The minimum absolute atomic E-state index is 0.106. The van der Waals surface area contributed by atoms with Crippen LogP contribution in [0, 0.1) is 6.92 Å². The summed E-state index contributed by atoms with van der Waals surface area (Å²) in [5.41, 5.74) is 0.420. The van der Waals surface area contributed by atoms with E-state index >= 15 is 0 Å². The number of hydrogen-bond acceptors (Lipinski definition) is 5. The number of nitrogens with zero attached hydrogens (tertiary/aromatic N) is 1. The second kappa shape index (κ2) is 5.13. The highest BCUT2D eigenvalue weighted by Crippen LogP contribution is 2.32. The fourth-order valence-corrected chi connectivity index (χ4v) is 2.18. The number of hydrogen-bond donors (Lipinski definition) is 1. The SMILES string of the molecule is Cc1nc2cc3c(cc2c(=O)[nH]1)O[C@H](C)COCCO3. The average molecular weight is 276 g/mol. The summed E-state index contributed by atoms with van der Waals surface area (Å²) >= 11 is 0. The number of rotatable bonds is 0. The van der Waals surface area contributed by atoms with Gasteiger partial charge in [-0.15, -0.1) is 0 Å². The molecule has 0 saturated carbocycles. The van der Waals surface area contributed by atoms with Crippen molar-refractivity contribution in [2.75, 3.05) is 19.8 Å². The molecule has 2 heterocycles. The maximum Gasteiger partial charge on any atom is 0.258 e. The van der Waals surface area contributed by atoms with E-state index in [9.17, 15) is 4.79 Å². The molecular weight excluding hydrogens is 260 g/mol. The van der Waals surface area contributed by atoms with E-state index in [0.29, 0.717) is 48.0 Å². The first-order valence-corrected chi connectivity index (χ1v) is 6.55. The van der Waals surface area contributed by atoms with Gasteiger partial charge in [0, 0.05) is 6.07 Å². The lowest BCUT2D eigenvalue weighted by Crippen LogP contribution is -2.19. The van der Waals surface area contributed by atoms with Crippen LogP contribution >= 0.6 is 0 Å². The van der Waals surface area contributed by atoms with Gasteiger partial charge in [0.2, 0.25) is 0 Å². The van der Waals surface area contributed by atoms with Gasteiger partial charge in [-0.3, -0.25) is 4.79 Å². The van der Waals surface area contributed by atoms with Crippen LogP contribution in [0.5, 0.6) is 11.5 Å². The van der Waals surface area contributed by atoms with E-state index in [-0.39, 0.29) is 11.7 Å². The molecule has 0 saturated heterocycles. The maximum atomic E-state index is 12.0. The van der Waals surface area contributed by atoms with Crippen molar-refractivity contribution >= 4 is 10.9 Å². The zero-order valence-corrected chi connectivity index (χ0v) is 11.4. The molecule has 106 valence electrons. The van der Waals surface area contributed by atoms with Crippen molar-refractivity contribution < 1.29 is 14.2 Å². The third kappa shape index (κ3) is 2.46. The molecule has 1 N–H and O–H groups in total. The first kappa shape index (κ1) is 12.9. The number of aromatic nitrogens is 2. The van der Waals surface area contributed by atoms with Gasteiger partial charge in [-0.1, -0.05) is 0 Å². The molecule has 2 aromatic rings. The summed E-state index contributed by atoms with van der Waals surface area (Å²) in [6, 6.07) is 3.42. The summed E-state index contributed by atoms with van der Waals surface area (Å²) in [7, 11) is 0. The monoisotopic (exact) mass is 276 g/mol. The summed E-state index contributed by atoms with van der Waals surface area (Å²) < 4.78 is 16.8. The number of nitrogens with one attached hydrogen (secondary N) is 1. The van der Waals surface area contributed by atoms with Crippen LogP contribution in [0.15, 0.2) is 16.9 Å². The molecule has 1 aromatic carbocycles. The molecule has 6 heteroatoms. The summed E-state index contributed by atoms with van der Waals surface area (Å²) in [5.74, 6) is 1.71. The predicted octanol–water partition coefficient (Wildman–Crippen LogP) is 1.41. The van der Waals surface area contributed by atoms with Crippen LogP contribution in [-0.2, 0) is 4.74 Å². The van der Waals surface area contributed by atoms with Gasteiger partial charge < -0.3 is 19.2 Å². The molecule has 0 bridgehead atoms. The second-order valence-corrected chi connectivity index (χ2v) is 4.82. The minimum Gasteiger partial charge on any atom is -0.487 e. The van der Waals surface area contributed by atoms with Crippen molar-refractivity contribution in [3.8, 4) is 11.5 Å². The first-order valence-electron chi connectivity index (χ1n) is 6.55. The summed E-state index contributed by atoms with van der Waals surface area (Å²) in [4.78, 5) is 19.0. The van der Waals surface area contributed by atoms with Crippen LogP contribution in [0.25, 0.3) is 10.9 Å². The largest absolute Gasteiger partial charge is 0.487 e. The van der Waals surface area contributed by atoms with Crippen molar-refractivity contribution in [3.63, 3.8) is 0 Å². The second-order valence-electron chi connectivity index (χ2n) is 4.82. The lowest BCUT2D eigenvalue weighted by molar-refractivity contribution is 0.0546. The smallest absolute Gasteiger partial charge is 0.258 e. The number of aryl methyl sites for hydroxylation is 1. The molecule has 1 aliphatic rings. The van der Waals surface area contributed by atoms with Crippen LogP contribution in [0.1, 0.15) is 12.7 Å². The van der Waals surface area contributed by atoms with Gasteiger partial charge in [0.25, 0.3) is 5.56 Å². The third-order valence-electron chi connectivity index (χ3n) is 3.06. The number of H-pyrrole nitrogens is 1. The topological polar surface area (TPSA) is 73.4 Å². The Kier molecular flexibility index (Phi) is 3.31. The molecule has 6 nitrogen and oxygen atoms in total. The van der Waals surface area contributed by atoms with Gasteiger partial charge >= 0.3 is 0 Å². The Morgan fingerprint density at radius 3 is 3.00 bits per heavy atom. The Hall–Kier alpha value is -2.08. The molecule has 3 rings (SSSR count). The van der Waals surface area contributed by atoms with Gasteiger partial charge in [-0.05, 0) is 19.9 Å². The van der Waals surface area contributed by atoms with Crippen LogP contribution in [0.3, 0.4) is 0 Å². The lowest BCUT2D eigenvalue weighted by atomic mass is 10.2. The van der Waals surface area contributed by atoms with Crippen molar-refractivity contribution in [2.45, 2.75) is 20.0 Å². The summed E-state index contributed by atoms with van der Waals surface area (Å²) in [5, 5.41) is 0.491. The van der Waals surface area contributed by atoms with Gasteiger partial charge in [0.05, 0.1) is 24.1 Å². The van der Waals surface area contributed by atoms with Gasteiger partial charge in [0.1, 0.15) is 18.5 Å². The molecule has 0 radical (unpaired) electrons. The number of aromatic amines is 1. The highest BCUT2D eigenvalue weighted by Gasteiger charge is 2.16. The minimum atomic E-state index is -0.178. The molecule has 1 atom stereocenters. The van der Waals surface area contributed by atoms with E-state index < -0.39 is 0 Å². The van der Waals surface area contributed by atoms with E-state index in [0.717, 1.165) is 0 Å². The predicted molar refractivity (Wildman–Crippen MR) is 73.5 cm³/mol. The summed E-state index contributed by atoms with van der Waals surface area (Å²) in [6.45, 7) is 5.10. The van der Waals surface area contributed by atoms with Crippen molar-refractivity contribution in [1.82, 2.24) is 9.97 Å². The zero-order valence-electron chi connectivity index (χ0n) is 11.4. The Morgan fingerprint density at radius 1 is 1.30 bits per heavy atom. The van der Waals surface area contributed by atoms with Gasteiger partial charge in [0.15, 0.2) is 11.5 Å². The quantitative estimate of drug-likeness (QED) is 0.787. The molecule has 0 spiro atoms. The Balaban J connectivity index is 2.16. The number of ether oxygens (including phenoxy) is 3. The van der Waals surface area contributed by atoms with Crippen LogP contribution in [0.4, 0.5) is 0 Å². The Morgan fingerprint density at radius 2 is 2.15 bits per heavy atom. The van der Waals surface area contributed by atoms with E-state index in [2.05, 4.69) is 9.97 Å². The molecule has 0 fully saturated rings. The molecule has 1 aromatic heterocycles. The van der Waals surface area contributed by atoms with Gasteiger partial charge in [-0.2, -0.15) is 0 Å². The standard InChI is InChI=1S/C14H16N2O4/c1-8-7-18-3-4-19-12-6-11-10(5-13(12)20-8)14(17)16-9(2)15-11/h5-6,8H,3-4,7H2,1-2H3,(H,15,16,17)/t8-/m1/s1.